The molecule has 3 rings (SSSR count). The topological polar surface area (TPSA) is 56.7 Å². The van der Waals surface area contributed by atoms with Gasteiger partial charge in [-0.15, -0.1) is 0 Å². The first kappa shape index (κ1) is 15.6. The Morgan fingerprint density at radius 3 is 2.64 bits per heavy atom. The quantitative estimate of drug-likeness (QED) is 0.617. The Bertz CT molecular complexity index is 430. The molecule has 0 radical (unpaired) electrons. The summed E-state index contributed by atoms with van der Waals surface area (Å²) >= 11 is 0. The molecule has 22 heavy (non-hydrogen) atoms. The Labute approximate surface area is 133 Å². The molecule has 3 unspecified atom stereocenters. The zero-order valence-electron chi connectivity index (χ0n) is 14.0. The third-order valence-corrected chi connectivity index (χ3v) is 5.61. The van der Waals surface area contributed by atoms with Gasteiger partial charge in [0.1, 0.15) is 0 Å². The normalized spacial score (nSPS) is 33.7. The maximum Gasteiger partial charge on any atom is 0.222 e. The van der Waals surface area contributed by atoms with Crippen LogP contribution in [0, 0.1) is 11.8 Å². The van der Waals surface area contributed by atoms with E-state index in [0.717, 1.165) is 30.8 Å². The van der Waals surface area contributed by atoms with Gasteiger partial charge in [-0.2, -0.15) is 0 Å². The number of nitrogens with zero attached hydrogens (tertiary/aromatic N) is 2. The molecule has 3 aliphatic rings. The van der Waals surface area contributed by atoms with E-state index in [1.165, 1.54) is 38.5 Å². The second-order valence-electron chi connectivity index (χ2n) is 7.27. The Hall–Kier alpha value is -1.26. The fourth-order valence-electron chi connectivity index (χ4n) is 4.13. The molecule has 1 amide bonds. The number of hydrogen-bond acceptors (Lipinski definition) is 2. The summed E-state index contributed by atoms with van der Waals surface area (Å²) in [7, 11) is 3.72. The molecule has 3 fully saturated rings. The average Bonchev–Trinajstić information content (AvgIpc) is 3.30. The monoisotopic (exact) mass is 306 g/mol. The zero-order valence-corrected chi connectivity index (χ0v) is 14.0. The van der Waals surface area contributed by atoms with Crippen molar-refractivity contribution in [2.45, 2.75) is 63.5 Å². The lowest BCUT2D eigenvalue weighted by Crippen LogP contribution is -2.52. The fourth-order valence-corrected chi connectivity index (χ4v) is 4.13. The predicted molar refractivity (Wildman–Crippen MR) is 88.8 cm³/mol. The molecule has 3 atom stereocenters. The third kappa shape index (κ3) is 3.73. The van der Waals surface area contributed by atoms with Crippen molar-refractivity contribution in [3.8, 4) is 0 Å². The number of likely N-dealkylation sites (tertiary alicyclic amines) is 1. The van der Waals surface area contributed by atoms with E-state index in [9.17, 15) is 4.79 Å². The van der Waals surface area contributed by atoms with Gasteiger partial charge in [0.05, 0.1) is 0 Å². The number of carbonyl (C=O) groups excluding carboxylic acids is 1. The molecule has 0 spiro atoms. The van der Waals surface area contributed by atoms with Crippen molar-refractivity contribution in [3.05, 3.63) is 0 Å². The van der Waals surface area contributed by atoms with Crippen LogP contribution in [0.4, 0.5) is 0 Å². The number of aliphatic imine (C=N–C) groups is 1. The Morgan fingerprint density at radius 2 is 1.95 bits per heavy atom. The smallest absolute Gasteiger partial charge is 0.222 e. The van der Waals surface area contributed by atoms with Crippen LogP contribution in [0.2, 0.25) is 0 Å². The van der Waals surface area contributed by atoms with Gasteiger partial charge < -0.3 is 15.5 Å². The average molecular weight is 306 g/mol. The molecule has 1 aliphatic heterocycles. The van der Waals surface area contributed by atoms with Crippen LogP contribution in [0.3, 0.4) is 0 Å². The lowest BCUT2D eigenvalue weighted by molar-refractivity contribution is -0.132. The van der Waals surface area contributed by atoms with Crippen molar-refractivity contribution in [2.75, 3.05) is 20.6 Å². The molecular weight excluding hydrogens is 276 g/mol. The van der Waals surface area contributed by atoms with Crippen LogP contribution < -0.4 is 10.6 Å². The minimum Gasteiger partial charge on any atom is -0.353 e. The number of nitrogens with one attached hydrogen (secondary N) is 2. The van der Waals surface area contributed by atoms with Crippen LogP contribution in [0.15, 0.2) is 4.99 Å². The van der Waals surface area contributed by atoms with Crippen LogP contribution in [0.1, 0.15) is 51.4 Å². The van der Waals surface area contributed by atoms with Crippen molar-refractivity contribution >= 4 is 11.9 Å². The molecule has 5 heteroatoms. The van der Waals surface area contributed by atoms with Gasteiger partial charge in [-0.1, -0.05) is 32.1 Å². The molecule has 1 heterocycles. The van der Waals surface area contributed by atoms with E-state index in [0.29, 0.717) is 18.5 Å². The summed E-state index contributed by atoms with van der Waals surface area (Å²) in [6.07, 6.45) is 9.95. The minimum atomic E-state index is 0.251. The van der Waals surface area contributed by atoms with Gasteiger partial charge in [0.15, 0.2) is 5.96 Å². The fraction of sp³-hybridized carbons (Fsp3) is 0.882. The molecule has 2 N–H and O–H groups in total. The van der Waals surface area contributed by atoms with Gasteiger partial charge in [-0.05, 0) is 24.7 Å². The SMILES string of the molecule is CN=C(NC1CCC(=O)N(C)C1)NC1CC1C1CCCCC1. The second-order valence-corrected chi connectivity index (χ2v) is 7.27. The molecule has 2 aliphatic carbocycles. The molecule has 2 saturated carbocycles. The number of carbonyl (C=O) groups is 1. The summed E-state index contributed by atoms with van der Waals surface area (Å²) in [5.41, 5.74) is 0. The summed E-state index contributed by atoms with van der Waals surface area (Å²) < 4.78 is 0. The highest BCUT2D eigenvalue weighted by atomic mass is 16.2. The van der Waals surface area contributed by atoms with Crippen LogP contribution in [-0.2, 0) is 4.79 Å². The lowest BCUT2D eigenvalue weighted by Gasteiger charge is -2.31. The van der Waals surface area contributed by atoms with Crippen molar-refractivity contribution in [3.63, 3.8) is 0 Å². The molecule has 0 aromatic carbocycles. The maximum absolute atomic E-state index is 11.6. The number of amides is 1. The summed E-state index contributed by atoms with van der Waals surface area (Å²) in [4.78, 5) is 17.7. The first-order valence-corrected chi connectivity index (χ1v) is 8.91. The van der Waals surface area contributed by atoms with Gasteiger partial charge in [-0.3, -0.25) is 9.79 Å². The summed E-state index contributed by atoms with van der Waals surface area (Å²) in [5, 5.41) is 7.09. The van der Waals surface area contributed by atoms with Crippen LogP contribution in [0.25, 0.3) is 0 Å². The third-order valence-electron chi connectivity index (χ3n) is 5.61. The van der Waals surface area contributed by atoms with E-state index < -0.39 is 0 Å². The molecular formula is C17H30N4O. The van der Waals surface area contributed by atoms with Crippen molar-refractivity contribution < 1.29 is 4.79 Å². The first-order chi connectivity index (χ1) is 10.7. The van der Waals surface area contributed by atoms with E-state index in [4.69, 9.17) is 0 Å². The van der Waals surface area contributed by atoms with Gasteiger partial charge in [0.25, 0.3) is 0 Å². The Balaban J connectivity index is 1.44. The van der Waals surface area contributed by atoms with Crippen molar-refractivity contribution in [1.82, 2.24) is 15.5 Å². The van der Waals surface area contributed by atoms with E-state index in [-0.39, 0.29) is 5.91 Å². The number of likely N-dealkylation sites (N-methyl/N-ethyl adjacent to an activating group) is 1. The number of guanidine groups is 1. The largest absolute Gasteiger partial charge is 0.353 e. The molecule has 5 nitrogen and oxygen atoms in total. The molecule has 124 valence electrons. The van der Waals surface area contributed by atoms with Crippen LogP contribution in [0.5, 0.6) is 0 Å². The van der Waals surface area contributed by atoms with E-state index in [2.05, 4.69) is 15.6 Å². The molecule has 0 aromatic rings. The number of rotatable bonds is 3. The minimum absolute atomic E-state index is 0.251. The highest BCUT2D eigenvalue weighted by Crippen LogP contribution is 2.44. The molecule has 0 aromatic heterocycles. The van der Waals surface area contributed by atoms with Crippen molar-refractivity contribution in [2.24, 2.45) is 16.8 Å². The maximum atomic E-state index is 11.6. The van der Waals surface area contributed by atoms with Crippen LogP contribution >= 0.6 is 0 Å². The Morgan fingerprint density at radius 1 is 1.18 bits per heavy atom. The second kappa shape index (κ2) is 6.88. The Kier molecular flexibility index (Phi) is 4.89. The van der Waals surface area contributed by atoms with Gasteiger partial charge >= 0.3 is 0 Å². The molecule has 0 bridgehead atoms. The molecule has 1 saturated heterocycles. The number of hydrogen-bond donors (Lipinski definition) is 2. The lowest BCUT2D eigenvalue weighted by atomic mass is 9.85. The number of piperidine rings is 1. The van der Waals surface area contributed by atoms with Crippen molar-refractivity contribution in [1.29, 1.82) is 0 Å². The van der Waals surface area contributed by atoms with Gasteiger partial charge in [0.2, 0.25) is 5.91 Å². The standard InChI is InChI=1S/C17H30N4O/c1-18-17(19-13-8-9-16(22)21(2)11-13)20-15-10-14(15)12-6-4-3-5-7-12/h12-15H,3-11H2,1-2H3,(H2,18,19,20). The predicted octanol–water partition coefficient (Wildman–Crippen LogP) is 1.74. The van der Waals surface area contributed by atoms with E-state index >= 15 is 0 Å². The van der Waals surface area contributed by atoms with Crippen LogP contribution in [-0.4, -0.2) is 49.5 Å². The highest BCUT2D eigenvalue weighted by Gasteiger charge is 2.43. The first-order valence-electron chi connectivity index (χ1n) is 8.91. The summed E-state index contributed by atoms with van der Waals surface area (Å²) in [6, 6.07) is 0.929. The van der Waals surface area contributed by atoms with Gasteiger partial charge in [-0.25, -0.2) is 0 Å². The summed E-state index contributed by atoms with van der Waals surface area (Å²) in [6.45, 7) is 0.774. The van der Waals surface area contributed by atoms with Gasteiger partial charge in [0, 0.05) is 39.1 Å². The summed E-state index contributed by atoms with van der Waals surface area (Å²) in [5.74, 6) is 2.95. The zero-order chi connectivity index (χ0) is 15.5. The van der Waals surface area contributed by atoms with E-state index in [1.807, 2.05) is 19.0 Å². The highest BCUT2D eigenvalue weighted by molar-refractivity contribution is 5.81. The van der Waals surface area contributed by atoms with E-state index in [1.54, 1.807) is 0 Å².